The zero-order valence-electron chi connectivity index (χ0n) is 6.94. The summed E-state index contributed by atoms with van der Waals surface area (Å²) in [5.41, 5.74) is 1.67. The van der Waals surface area contributed by atoms with E-state index in [2.05, 4.69) is 4.98 Å². The minimum Gasteiger partial charge on any atom is -0.493 e. The maximum absolute atomic E-state index is 8.76. The van der Waals surface area contributed by atoms with Crippen molar-refractivity contribution < 1.29 is 9.15 Å². The van der Waals surface area contributed by atoms with Gasteiger partial charge in [0.1, 0.15) is 6.07 Å². The summed E-state index contributed by atoms with van der Waals surface area (Å²) in [6.45, 7) is 0. The molecule has 0 bridgehead atoms. The molecule has 0 atom stereocenters. The Hall–Kier alpha value is -2.02. The molecule has 0 N–H and O–H groups in total. The van der Waals surface area contributed by atoms with Crippen LogP contribution in [0.5, 0.6) is 5.75 Å². The lowest BCUT2D eigenvalue weighted by Gasteiger charge is -2.00. The van der Waals surface area contributed by atoms with Crippen LogP contribution in [0.4, 0.5) is 0 Å². The number of nitrogens with zero attached hydrogens (tertiary/aromatic N) is 2. The van der Waals surface area contributed by atoms with Crippen LogP contribution >= 0.6 is 0 Å². The van der Waals surface area contributed by atoms with E-state index in [-0.39, 0.29) is 0 Å². The second-order valence-electron chi connectivity index (χ2n) is 2.46. The van der Waals surface area contributed by atoms with Crippen LogP contribution in [0, 0.1) is 11.3 Å². The Morgan fingerprint density at radius 2 is 2.38 bits per heavy atom. The van der Waals surface area contributed by atoms with Crippen LogP contribution in [0.1, 0.15) is 5.56 Å². The van der Waals surface area contributed by atoms with E-state index in [1.54, 1.807) is 12.1 Å². The Balaban J connectivity index is 2.84. The second kappa shape index (κ2) is 2.79. The summed E-state index contributed by atoms with van der Waals surface area (Å²) < 4.78 is 10.1. The Labute approximate surface area is 74.4 Å². The maximum atomic E-state index is 8.76. The highest BCUT2D eigenvalue weighted by atomic mass is 16.5. The van der Waals surface area contributed by atoms with E-state index in [0.29, 0.717) is 22.4 Å². The van der Waals surface area contributed by atoms with Crippen molar-refractivity contribution in [3.63, 3.8) is 0 Å². The molecule has 2 rings (SSSR count). The van der Waals surface area contributed by atoms with Gasteiger partial charge in [0.25, 0.3) is 0 Å². The Kier molecular flexibility index (Phi) is 1.64. The molecule has 0 aliphatic rings. The lowest BCUT2D eigenvalue weighted by molar-refractivity contribution is 0.417. The molecule has 4 heteroatoms. The summed E-state index contributed by atoms with van der Waals surface area (Å²) in [6, 6.07) is 5.36. The van der Waals surface area contributed by atoms with Gasteiger partial charge in [-0.25, -0.2) is 4.98 Å². The van der Waals surface area contributed by atoms with E-state index in [4.69, 9.17) is 14.4 Å². The number of methoxy groups -OCH3 is 1. The first-order valence-electron chi connectivity index (χ1n) is 3.67. The van der Waals surface area contributed by atoms with Gasteiger partial charge < -0.3 is 9.15 Å². The van der Waals surface area contributed by atoms with Gasteiger partial charge in [0.15, 0.2) is 23.2 Å². The molecule has 2 aromatic rings. The largest absolute Gasteiger partial charge is 0.493 e. The number of fused-ring (bicyclic) bond motifs is 1. The standard InChI is InChI=1S/C9H6N2O2/c1-12-9-6(4-10)2-3-7-8(9)11-5-13-7/h2-3,5H,1H3. The zero-order valence-corrected chi connectivity index (χ0v) is 6.94. The number of oxazole rings is 1. The van der Waals surface area contributed by atoms with E-state index >= 15 is 0 Å². The van der Waals surface area contributed by atoms with Crippen molar-refractivity contribution in [3.05, 3.63) is 24.1 Å². The minimum atomic E-state index is 0.462. The smallest absolute Gasteiger partial charge is 0.182 e. The molecular weight excluding hydrogens is 168 g/mol. The molecule has 13 heavy (non-hydrogen) atoms. The lowest BCUT2D eigenvalue weighted by Crippen LogP contribution is -1.88. The first-order valence-corrected chi connectivity index (χ1v) is 3.67. The van der Waals surface area contributed by atoms with Crippen molar-refractivity contribution >= 4 is 11.1 Å². The maximum Gasteiger partial charge on any atom is 0.182 e. The molecule has 0 spiro atoms. The van der Waals surface area contributed by atoms with Crippen LogP contribution < -0.4 is 4.74 Å². The Bertz CT molecular complexity index is 482. The van der Waals surface area contributed by atoms with Gasteiger partial charge in [0, 0.05) is 0 Å². The third-order valence-corrected chi connectivity index (χ3v) is 1.78. The molecule has 0 saturated heterocycles. The molecule has 1 aromatic heterocycles. The summed E-state index contributed by atoms with van der Waals surface area (Å²) in [5, 5.41) is 8.76. The van der Waals surface area contributed by atoms with Gasteiger partial charge >= 0.3 is 0 Å². The number of hydrogen-bond acceptors (Lipinski definition) is 4. The van der Waals surface area contributed by atoms with Gasteiger partial charge in [-0.1, -0.05) is 0 Å². The molecule has 0 amide bonds. The Morgan fingerprint density at radius 3 is 3.08 bits per heavy atom. The fraction of sp³-hybridized carbons (Fsp3) is 0.111. The van der Waals surface area contributed by atoms with Gasteiger partial charge in [0.2, 0.25) is 0 Å². The SMILES string of the molecule is COc1c(C#N)ccc2ocnc12. The van der Waals surface area contributed by atoms with Crippen LogP contribution in [-0.4, -0.2) is 12.1 Å². The van der Waals surface area contributed by atoms with E-state index in [1.165, 1.54) is 13.5 Å². The van der Waals surface area contributed by atoms with Gasteiger partial charge in [0.05, 0.1) is 12.7 Å². The first kappa shape index (κ1) is 7.62. The summed E-state index contributed by atoms with van der Waals surface area (Å²) in [5.74, 6) is 0.466. The summed E-state index contributed by atoms with van der Waals surface area (Å²) >= 11 is 0. The minimum absolute atomic E-state index is 0.462. The molecule has 1 heterocycles. The van der Waals surface area contributed by atoms with Crippen LogP contribution in [0.15, 0.2) is 22.9 Å². The van der Waals surface area contributed by atoms with Crippen LogP contribution in [0.3, 0.4) is 0 Å². The predicted octanol–water partition coefficient (Wildman–Crippen LogP) is 1.71. The highest BCUT2D eigenvalue weighted by molar-refractivity contribution is 5.82. The van der Waals surface area contributed by atoms with Crippen molar-refractivity contribution in [3.8, 4) is 11.8 Å². The van der Waals surface area contributed by atoms with Gasteiger partial charge in [-0.15, -0.1) is 0 Å². The first-order chi connectivity index (χ1) is 6.36. The van der Waals surface area contributed by atoms with Crippen LogP contribution in [0.2, 0.25) is 0 Å². The third-order valence-electron chi connectivity index (χ3n) is 1.78. The van der Waals surface area contributed by atoms with E-state index in [1.807, 2.05) is 6.07 Å². The summed E-state index contributed by atoms with van der Waals surface area (Å²) in [4.78, 5) is 3.96. The van der Waals surface area contributed by atoms with E-state index in [9.17, 15) is 0 Å². The lowest BCUT2D eigenvalue weighted by atomic mass is 10.2. The molecule has 1 aromatic carbocycles. The topological polar surface area (TPSA) is 59.0 Å². The van der Waals surface area contributed by atoms with Crippen molar-refractivity contribution in [1.82, 2.24) is 4.98 Å². The monoisotopic (exact) mass is 174 g/mol. The summed E-state index contributed by atoms with van der Waals surface area (Å²) in [6.07, 6.45) is 1.33. The molecule has 0 unspecified atom stereocenters. The van der Waals surface area contributed by atoms with Crippen LogP contribution in [0.25, 0.3) is 11.1 Å². The highest BCUT2D eigenvalue weighted by Gasteiger charge is 2.10. The Morgan fingerprint density at radius 1 is 1.54 bits per heavy atom. The molecule has 4 nitrogen and oxygen atoms in total. The molecule has 0 radical (unpaired) electrons. The van der Waals surface area contributed by atoms with E-state index < -0.39 is 0 Å². The molecule has 0 saturated carbocycles. The fourth-order valence-electron chi connectivity index (χ4n) is 1.20. The number of nitriles is 1. The highest BCUT2D eigenvalue weighted by Crippen LogP contribution is 2.27. The third kappa shape index (κ3) is 1.02. The molecule has 0 aliphatic carbocycles. The van der Waals surface area contributed by atoms with Crippen molar-refractivity contribution in [1.29, 1.82) is 5.26 Å². The van der Waals surface area contributed by atoms with Crippen LogP contribution in [-0.2, 0) is 0 Å². The average molecular weight is 174 g/mol. The average Bonchev–Trinajstić information content (AvgIpc) is 2.63. The molecule has 0 aliphatic heterocycles. The molecular formula is C9H6N2O2. The zero-order chi connectivity index (χ0) is 9.26. The normalized spacial score (nSPS) is 9.85. The molecule has 64 valence electrons. The molecule has 0 fully saturated rings. The van der Waals surface area contributed by atoms with Gasteiger partial charge in [-0.3, -0.25) is 0 Å². The summed E-state index contributed by atoms with van der Waals surface area (Å²) in [7, 11) is 1.50. The predicted molar refractivity (Wildman–Crippen MR) is 45.3 cm³/mol. The number of aromatic nitrogens is 1. The number of hydrogen-bond donors (Lipinski definition) is 0. The van der Waals surface area contributed by atoms with Crippen molar-refractivity contribution in [2.75, 3.05) is 7.11 Å². The number of benzene rings is 1. The second-order valence-corrected chi connectivity index (χ2v) is 2.46. The van der Waals surface area contributed by atoms with Gasteiger partial charge in [-0.05, 0) is 12.1 Å². The fourth-order valence-corrected chi connectivity index (χ4v) is 1.20. The van der Waals surface area contributed by atoms with Gasteiger partial charge in [-0.2, -0.15) is 5.26 Å². The van der Waals surface area contributed by atoms with Crippen molar-refractivity contribution in [2.24, 2.45) is 0 Å². The quantitative estimate of drug-likeness (QED) is 0.660. The van der Waals surface area contributed by atoms with E-state index in [0.717, 1.165) is 0 Å². The number of ether oxygens (including phenoxy) is 1. The number of rotatable bonds is 1. The van der Waals surface area contributed by atoms with Crippen molar-refractivity contribution in [2.45, 2.75) is 0 Å².